The minimum atomic E-state index is -1.15. The number of benzene rings is 2. The van der Waals surface area contributed by atoms with Crippen LogP contribution in [0.1, 0.15) is 12.5 Å². The number of halogens is 1. The topological polar surface area (TPSA) is 49.3 Å². The molecule has 2 rings (SSSR count). The summed E-state index contributed by atoms with van der Waals surface area (Å²) in [6, 6.07) is 15.0. The van der Waals surface area contributed by atoms with Gasteiger partial charge in [-0.25, -0.2) is 9.18 Å². The molecular formula is C16H16FNO2. The molecular weight excluding hydrogens is 257 g/mol. The molecule has 1 unspecified atom stereocenters. The molecule has 0 amide bonds. The van der Waals surface area contributed by atoms with Gasteiger partial charge in [-0.3, -0.25) is 0 Å². The SMILES string of the molecule is CC(Cc1ccc(F)cc1)(Nc1ccccc1)C(=O)O. The van der Waals surface area contributed by atoms with E-state index in [9.17, 15) is 14.3 Å². The lowest BCUT2D eigenvalue weighted by Crippen LogP contribution is -2.45. The van der Waals surface area contributed by atoms with Crippen molar-refractivity contribution in [3.63, 3.8) is 0 Å². The number of nitrogens with one attached hydrogen (secondary N) is 1. The van der Waals surface area contributed by atoms with Gasteiger partial charge in [0, 0.05) is 12.1 Å². The number of carbonyl (C=O) groups is 1. The first kappa shape index (κ1) is 14.1. The molecule has 0 aliphatic rings. The van der Waals surface area contributed by atoms with Gasteiger partial charge in [0.25, 0.3) is 0 Å². The smallest absolute Gasteiger partial charge is 0.329 e. The number of para-hydroxylation sites is 1. The van der Waals surface area contributed by atoms with E-state index in [2.05, 4.69) is 5.32 Å². The fourth-order valence-corrected chi connectivity index (χ4v) is 2.02. The van der Waals surface area contributed by atoms with Crippen molar-refractivity contribution < 1.29 is 14.3 Å². The lowest BCUT2D eigenvalue weighted by atomic mass is 9.92. The van der Waals surface area contributed by atoms with Gasteiger partial charge < -0.3 is 10.4 Å². The van der Waals surface area contributed by atoms with Crippen LogP contribution in [0.4, 0.5) is 10.1 Å². The van der Waals surface area contributed by atoms with Gasteiger partial charge in [-0.15, -0.1) is 0 Å². The molecule has 2 aromatic rings. The Hall–Kier alpha value is -2.36. The van der Waals surface area contributed by atoms with Crippen molar-refractivity contribution in [2.45, 2.75) is 18.9 Å². The lowest BCUT2D eigenvalue weighted by molar-refractivity contribution is -0.141. The highest BCUT2D eigenvalue weighted by molar-refractivity contribution is 5.82. The molecule has 0 aliphatic carbocycles. The Morgan fingerprint density at radius 3 is 2.30 bits per heavy atom. The van der Waals surface area contributed by atoms with E-state index in [1.807, 2.05) is 30.3 Å². The van der Waals surface area contributed by atoms with Gasteiger partial charge in [-0.05, 0) is 36.8 Å². The molecule has 0 saturated carbocycles. The van der Waals surface area contributed by atoms with Crippen LogP contribution in [-0.2, 0) is 11.2 Å². The number of anilines is 1. The summed E-state index contributed by atoms with van der Waals surface area (Å²) < 4.78 is 12.9. The monoisotopic (exact) mass is 273 g/mol. The third kappa shape index (κ3) is 3.35. The minimum Gasteiger partial charge on any atom is -0.480 e. The van der Waals surface area contributed by atoms with Crippen LogP contribution >= 0.6 is 0 Å². The molecule has 0 aliphatic heterocycles. The van der Waals surface area contributed by atoms with Crippen LogP contribution in [0.3, 0.4) is 0 Å². The molecule has 20 heavy (non-hydrogen) atoms. The molecule has 4 heteroatoms. The van der Waals surface area contributed by atoms with E-state index in [4.69, 9.17) is 0 Å². The summed E-state index contributed by atoms with van der Waals surface area (Å²) in [7, 11) is 0. The second-order valence-corrected chi connectivity index (χ2v) is 4.93. The van der Waals surface area contributed by atoms with Crippen molar-refractivity contribution >= 4 is 11.7 Å². The van der Waals surface area contributed by atoms with E-state index < -0.39 is 11.5 Å². The largest absolute Gasteiger partial charge is 0.480 e. The molecule has 104 valence electrons. The molecule has 0 aromatic heterocycles. The van der Waals surface area contributed by atoms with Crippen molar-refractivity contribution in [1.29, 1.82) is 0 Å². The van der Waals surface area contributed by atoms with Gasteiger partial charge in [0.05, 0.1) is 0 Å². The Balaban J connectivity index is 2.21. The molecule has 2 N–H and O–H groups in total. The van der Waals surface area contributed by atoms with Crippen molar-refractivity contribution in [3.05, 3.63) is 66.0 Å². The highest BCUT2D eigenvalue weighted by atomic mass is 19.1. The molecule has 0 fully saturated rings. The third-order valence-electron chi connectivity index (χ3n) is 3.14. The Bertz CT molecular complexity index is 583. The highest BCUT2D eigenvalue weighted by Crippen LogP contribution is 2.20. The molecule has 2 aromatic carbocycles. The quantitative estimate of drug-likeness (QED) is 0.878. The van der Waals surface area contributed by atoms with Crippen LogP contribution in [0.15, 0.2) is 54.6 Å². The van der Waals surface area contributed by atoms with E-state index in [0.717, 1.165) is 11.3 Å². The van der Waals surface area contributed by atoms with Gasteiger partial charge in [0.2, 0.25) is 0 Å². The van der Waals surface area contributed by atoms with Crippen molar-refractivity contribution in [2.24, 2.45) is 0 Å². The van der Waals surface area contributed by atoms with E-state index in [0.29, 0.717) is 0 Å². The highest BCUT2D eigenvalue weighted by Gasteiger charge is 2.33. The first-order valence-electron chi connectivity index (χ1n) is 6.31. The average Bonchev–Trinajstić information content (AvgIpc) is 2.42. The van der Waals surface area contributed by atoms with Crippen LogP contribution < -0.4 is 5.32 Å². The van der Waals surface area contributed by atoms with Gasteiger partial charge in [-0.1, -0.05) is 30.3 Å². The van der Waals surface area contributed by atoms with Gasteiger partial charge in [-0.2, -0.15) is 0 Å². The van der Waals surface area contributed by atoms with E-state index in [-0.39, 0.29) is 12.2 Å². The zero-order valence-corrected chi connectivity index (χ0v) is 11.1. The second kappa shape index (κ2) is 5.74. The van der Waals surface area contributed by atoms with E-state index in [1.54, 1.807) is 19.1 Å². The fourth-order valence-electron chi connectivity index (χ4n) is 2.02. The summed E-state index contributed by atoms with van der Waals surface area (Å²) in [6.07, 6.45) is 0.261. The standard InChI is InChI=1S/C16H16FNO2/c1-16(15(19)20,18-14-5-3-2-4-6-14)11-12-7-9-13(17)10-8-12/h2-10,18H,11H2,1H3,(H,19,20). The molecule has 0 spiro atoms. The fraction of sp³-hybridized carbons (Fsp3) is 0.188. The van der Waals surface area contributed by atoms with E-state index >= 15 is 0 Å². The summed E-state index contributed by atoms with van der Waals surface area (Å²) in [5.41, 5.74) is 0.346. The van der Waals surface area contributed by atoms with Gasteiger partial charge in [0.1, 0.15) is 11.4 Å². The zero-order valence-electron chi connectivity index (χ0n) is 11.1. The van der Waals surface area contributed by atoms with Crippen LogP contribution in [0.25, 0.3) is 0 Å². The van der Waals surface area contributed by atoms with Crippen molar-refractivity contribution in [3.8, 4) is 0 Å². The third-order valence-corrected chi connectivity index (χ3v) is 3.14. The summed E-state index contributed by atoms with van der Waals surface area (Å²) in [4.78, 5) is 11.6. The summed E-state index contributed by atoms with van der Waals surface area (Å²) in [5.74, 6) is -1.28. The first-order chi connectivity index (χ1) is 9.49. The number of aliphatic carboxylic acids is 1. The Morgan fingerprint density at radius 2 is 1.75 bits per heavy atom. The van der Waals surface area contributed by atoms with Gasteiger partial charge >= 0.3 is 5.97 Å². The molecule has 0 saturated heterocycles. The normalized spacial score (nSPS) is 13.5. The summed E-state index contributed by atoms with van der Waals surface area (Å²) in [5, 5.41) is 12.5. The molecule has 3 nitrogen and oxygen atoms in total. The maximum atomic E-state index is 12.9. The summed E-state index contributed by atoms with van der Waals surface area (Å²) in [6.45, 7) is 1.62. The predicted molar refractivity (Wildman–Crippen MR) is 76.2 cm³/mol. The summed E-state index contributed by atoms with van der Waals surface area (Å²) >= 11 is 0. The molecule has 0 bridgehead atoms. The molecule has 0 radical (unpaired) electrons. The number of carboxylic acids is 1. The van der Waals surface area contributed by atoms with Crippen molar-refractivity contribution in [1.82, 2.24) is 0 Å². The van der Waals surface area contributed by atoms with E-state index in [1.165, 1.54) is 12.1 Å². The Kier molecular flexibility index (Phi) is 4.03. The Morgan fingerprint density at radius 1 is 1.15 bits per heavy atom. The maximum absolute atomic E-state index is 12.9. The maximum Gasteiger partial charge on any atom is 0.329 e. The molecule has 1 atom stereocenters. The van der Waals surface area contributed by atoms with Crippen molar-refractivity contribution in [2.75, 3.05) is 5.32 Å². The Labute approximate surface area is 117 Å². The zero-order chi connectivity index (χ0) is 14.6. The molecule has 0 heterocycles. The van der Waals surface area contributed by atoms with Gasteiger partial charge in [0.15, 0.2) is 0 Å². The van der Waals surface area contributed by atoms with Crippen LogP contribution in [-0.4, -0.2) is 16.6 Å². The first-order valence-corrected chi connectivity index (χ1v) is 6.31. The lowest BCUT2D eigenvalue weighted by Gasteiger charge is -2.27. The van der Waals surface area contributed by atoms with Crippen LogP contribution in [0.2, 0.25) is 0 Å². The van der Waals surface area contributed by atoms with Crippen LogP contribution in [0.5, 0.6) is 0 Å². The number of rotatable bonds is 5. The predicted octanol–water partition coefficient (Wildman–Crippen LogP) is 3.32. The number of carboxylic acid groups (broad SMARTS) is 1. The van der Waals surface area contributed by atoms with Crippen LogP contribution in [0, 0.1) is 5.82 Å². The minimum absolute atomic E-state index is 0.261. The second-order valence-electron chi connectivity index (χ2n) is 4.93. The average molecular weight is 273 g/mol. The number of hydrogen-bond acceptors (Lipinski definition) is 2. The number of hydrogen-bond donors (Lipinski definition) is 2.